The summed E-state index contributed by atoms with van der Waals surface area (Å²) in [6.07, 6.45) is 1.97. The molecule has 1 aliphatic heterocycles. The lowest BCUT2D eigenvalue weighted by Crippen LogP contribution is -2.12. The van der Waals surface area contributed by atoms with Gasteiger partial charge >= 0.3 is 0 Å². The molecule has 0 aromatic heterocycles. The molecule has 0 N–H and O–H groups in total. The van der Waals surface area contributed by atoms with Gasteiger partial charge in [0.05, 0.1) is 6.04 Å². The minimum Gasteiger partial charge on any atom is -0.213 e. The molecule has 1 aromatic carbocycles. The van der Waals surface area contributed by atoms with Gasteiger partial charge in [0.15, 0.2) is 0 Å². The average Bonchev–Trinajstić information content (AvgIpc) is 2.56. The first-order valence-corrected chi connectivity index (χ1v) is 5.27. The molecule has 0 saturated carbocycles. The van der Waals surface area contributed by atoms with Crippen LogP contribution >= 0.6 is 23.4 Å². The van der Waals surface area contributed by atoms with Crippen LogP contribution in [0.15, 0.2) is 18.2 Å². The first kappa shape index (κ1) is 10.2. The van der Waals surface area contributed by atoms with Crippen LogP contribution in [0.3, 0.4) is 0 Å². The van der Waals surface area contributed by atoms with Gasteiger partial charge in [0.1, 0.15) is 5.82 Å². The minimum absolute atomic E-state index is 0.0554. The van der Waals surface area contributed by atoms with E-state index < -0.39 is 0 Å². The van der Waals surface area contributed by atoms with Gasteiger partial charge < -0.3 is 0 Å². The molecule has 0 spiro atoms. The van der Waals surface area contributed by atoms with Crippen LogP contribution in [0.25, 0.3) is 0 Å². The minimum atomic E-state index is -0.263. The Balaban J connectivity index is 2.34. The SMILES string of the molecule is Fc1ccc(Cl)c([C@H]2CCCN2Cl)c1. The van der Waals surface area contributed by atoms with Gasteiger partial charge in [-0.1, -0.05) is 11.6 Å². The lowest BCUT2D eigenvalue weighted by molar-refractivity contribution is 0.434. The third-order valence-corrected chi connectivity index (χ3v) is 3.25. The van der Waals surface area contributed by atoms with Gasteiger partial charge in [-0.15, -0.1) is 0 Å². The van der Waals surface area contributed by atoms with Gasteiger partial charge in [0, 0.05) is 11.6 Å². The number of hydrogen-bond acceptors (Lipinski definition) is 1. The van der Waals surface area contributed by atoms with Gasteiger partial charge in [0.2, 0.25) is 0 Å². The molecule has 1 aliphatic rings. The van der Waals surface area contributed by atoms with Crippen LogP contribution in [0.4, 0.5) is 4.39 Å². The molecular weight excluding hydrogens is 224 g/mol. The number of rotatable bonds is 1. The molecule has 1 fully saturated rings. The number of hydrogen-bond donors (Lipinski definition) is 0. The predicted molar refractivity (Wildman–Crippen MR) is 55.9 cm³/mol. The monoisotopic (exact) mass is 233 g/mol. The van der Waals surface area contributed by atoms with Gasteiger partial charge in [-0.05, 0) is 48.4 Å². The summed E-state index contributed by atoms with van der Waals surface area (Å²) >= 11 is 12.0. The Morgan fingerprint density at radius 2 is 2.21 bits per heavy atom. The van der Waals surface area contributed by atoms with E-state index in [9.17, 15) is 4.39 Å². The smallest absolute Gasteiger partial charge is 0.123 e. The van der Waals surface area contributed by atoms with Gasteiger partial charge in [0.25, 0.3) is 0 Å². The first-order chi connectivity index (χ1) is 6.68. The summed E-state index contributed by atoms with van der Waals surface area (Å²) in [5.41, 5.74) is 0.791. The molecule has 0 bridgehead atoms. The molecule has 1 aromatic rings. The number of benzene rings is 1. The maximum Gasteiger partial charge on any atom is 0.123 e. The summed E-state index contributed by atoms with van der Waals surface area (Å²) in [5, 5.41) is 0.587. The standard InChI is InChI=1S/C10H10Cl2FN/c11-9-4-3-7(13)6-8(9)10-2-1-5-14(10)12/h3-4,6,10H,1-2,5H2/t10-/m1/s1. The number of nitrogens with zero attached hydrogens (tertiary/aromatic N) is 1. The van der Waals surface area contributed by atoms with Gasteiger partial charge in [-0.2, -0.15) is 0 Å². The lowest BCUT2D eigenvalue weighted by atomic mass is 10.1. The highest BCUT2D eigenvalue weighted by Crippen LogP contribution is 2.36. The van der Waals surface area contributed by atoms with E-state index in [0.29, 0.717) is 5.02 Å². The zero-order chi connectivity index (χ0) is 10.1. The van der Waals surface area contributed by atoms with Gasteiger partial charge in [-0.3, -0.25) is 0 Å². The highest BCUT2D eigenvalue weighted by Gasteiger charge is 2.26. The molecule has 1 atom stereocenters. The molecule has 1 saturated heterocycles. The zero-order valence-electron chi connectivity index (χ0n) is 7.51. The normalized spacial score (nSPS) is 22.9. The fourth-order valence-electron chi connectivity index (χ4n) is 1.81. The second-order valence-corrected chi connectivity index (χ2v) is 4.29. The lowest BCUT2D eigenvalue weighted by Gasteiger charge is -2.18. The first-order valence-electron chi connectivity index (χ1n) is 4.56. The molecule has 0 amide bonds. The van der Waals surface area contributed by atoms with E-state index in [1.807, 2.05) is 0 Å². The Kier molecular flexibility index (Phi) is 2.96. The molecule has 1 nitrogen and oxygen atoms in total. The Labute approximate surface area is 92.5 Å². The summed E-state index contributed by atoms with van der Waals surface area (Å²) in [5.74, 6) is -0.263. The van der Waals surface area contributed by atoms with Crippen molar-refractivity contribution >= 4 is 23.4 Å². The van der Waals surface area contributed by atoms with Crippen LogP contribution < -0.4 is 0 Å². The second kappa shape index (κ2) is 4.05. The predicted octanol–water partition coefficient (Wildman–Crippen LogP) is 3.77. The van der Waals surface area contributed by atoms with E-state index in [1.54, 1.807) is 10.5 Å². The maximum atomic E-state index is 13.0. The topological polar surface area (TPSA) is 3.24 Å². The summed E-state index contributed by atoms with van der Waals surface area (Å²) in [7, 11) is 0. The average molecular weight is 234 g/mol. The van der Waals surface area contributed by atoms with Crippen molar-refractivity contribution in [1.29, 1.82) is 0 Å². The quantitative estimate of drug-likeness (QED) is 0.668. The third-order valence-electron chi connectivity index (χ3n) is 2.50. The molecule has 4 heteroatoms. The van der Waals surface area contributed by atoms with Gasteiger partial charge in [-0.25, -0.2) is 8.81 Å². The Hall–Kier alpha value is -0.310. The van der Waals surface area contributed by atoms with Crippen molar-refractivity contribution in [2.45, 2.75) is 18.9 Å². The van der Waals surface area contributed by atoms with E-state index in [1.165, 1.54) is 12.1 Å². The highest BCUT2D eigenvalue weighted by molar-refractivity contribution is 6.31. The van der Waals surface area contributed by atoms with Crippen molar-refractivity contribution in [2.24, 2.45) is 0 Å². The van der Waals surface area contributed by atoms with Crippen LogP contribution in [-0.4, -0.2) is 11.0 Å². The fourth-order valence-corrected chi connectivity index (χ4v) is 2.37. The molecule has 14 heavy (non-hydrogen) atoms. The highest BCUT2D eigenvalue weighted by atomic mass is 35.5. The van der Waals surface area contributed by atoms with E-state index in [2.05, 4.69) is 0 Å². The molecule has 2 rings (SSSR count). The van der Waals surface area contributed by atoms with Crippen LogP contribution in [-0.2, 0) is 0 Å². The number of halogens is 3. The van der Waals surface area contributed by atoms with Crippen molar-refractivity contribution < 1.29 is 4.39 Å². The van der Waals surface area contributed by atoms with Crippen LogP contribution in [0, 0.1) is 5.82 Å². The Morgan fingerprint density at radius 1 is 1.43 bits per heavy atom. The van der Waals surface area contributed by atoms with E-state index in [-0.39, 0.29) is 11.9 Å². The molecule has 0 radical (unpaired) electrons. The van der Waals surface area contributed by atoms with E-state index >= 15 is 0 Å². The summed E-state index contributed by atoms with van der Waals surface area (Å²) in [4.78, 5) is 0. The maximum absolute atomic E-state index is 13.0. The molecule has 76 valence electrons. The van der Waals surface area contributed by atoms with Crippen LogP contribution in [0.5, 0.6) is 0 Å². The van der Waals surface area contributed by atoms with E-state index in [4.69, 9.17) is 23.4 Å². The summed E-state index contributed by atoms with van der Waals surface area (Å²) in [6.45, 7) is 0.832. The largest absolute Gasteiger partial charge is 0.213 e. The molecular formula is C10H10Cl2FN. The van der Waals surface area contributed by atoms with Crippen molar-refractivity contribution in [3.05, 3.63) is 34.6 Å². The van der Waals surface area contributed by atoms with Crippen LogP contribution in [0.2, 0.25) is 5.02 Å². The third kappa shape index (κ3) is 1.88. The van der Waals surface area contributed by atoms with Crippen molar-refractivity contribution in [3.63, 3.8) is 0 Å². The molecule has 1 heterocycles. The summed E-state index contributed by atoms with van der Waals surface area (Å²) < 4.78 is 14.7. The zero-order valence-corrected chi connectivity index (χ0v) is 9.02. The second-order valence-electron chi connectivity index (χ2n) is 3.45. The molecule has 0 aliphatic carbocycles. The van der Waals surface area contributed by atoms with E-state index in [0.717, 1.165) is 24.9 Å². The fraction of sp³-hybridized carbons (Fsp3) is 0.400. The van der Waals surface area contributed by atoms with Crippen molar-refractivity contribution in [3.8, 4) is 0 Å². The summed E-state index contributed by atoms with van der Waals surface area (Å²) in [6, 6.07) is 4.46. The Morgan fingerprint density at radius 3 is 2.86 bits per heavy atom. The van der Waals surface area contributed by atoms with Crippen molar-refractivity contribution in [1.82, 2.24) is 4.42 Å². The van der Waals surface area contributed by atoms with Crippen molar-refractivity contribution in [2.75, 3.05) is 6.54 Å². The molecule has 0 unspecified atom stereocenters. The van der Waals surface area contributed by atoms with Crippen LogP contribution in [0.1, 0.15) is 24.4 Å². The Bertz CT molecular complexity index is 343.